The molecule has 0 aliphatic rings. The van der Waals surface area contributed by atoms with Crippen LogP contribution in [-0.2, 0) is 17.6 Å². The van der Waals surface area contributed by atoms with E-state index in [1.165, 1.54) is 0 Å². The number of nitrogen functional groups attached to an aromatic ring is 1. The van der Waals surface area contributed by atoms with Crippen LogP contribution in [0.25, 0.3) is 0 Å². The molecule has 0 saturated carbocycles. The van der Waals surface area contributed by atoms with Gasteiger partial charge in [-0.2, -0.15) is 0 Å². The van der Waals surface area contributed by atoms with Gasteiger partial charge in [0, 0.05) is 20.1 Å². The monoisotopic (exact) mass is 349 g/mol. The largest absolute Gasteiger partial charge is 0.385 e. The number of ether oxygens (including phenoxy) is 1. The van der Waals surface area contributed by atoms with Crippen molar-refractivity contribution in [3.8, 4) is 0 Å². The standard InChI is InChI=1S/C12H20IN3O/c1-8(2)7-9-11(13)12(14)16-10(15-9)5-4-6-17-3/h8H,4-7H2,1-3H3,(H2,14,15,16). The van der Waals surface area contributed by atoms with E-state index in [1.54, 1.807) is 7.11 Å². The Kier molecular flexibility index (Phi) is 6.11. The fourth-order valence-electron chi connectivity index (χ4n) is 1.57. The van der Waals surface area contributed by atoms with Gasteiger partial charge in [0.15, 0.2) is 0 Å². The van der Waals surface area contributed by atoms with E-state index in [0.29, 0.717) is 11.7 Å². The first-order valence-electron chi connectivity index (χ1n) is 5.84. The third-order valence-corrected chi connectivity index (χ3v) is 3.52. The van der Waals surface area contributed by atoms with Crippen LogP contribution in [0.1, 0.15) is 31.8 Å². The van der Waals surface area contributed by atoms with E-state index in [1.807, 2.05) is 0 Å². The number of aryl methyl sites for hydroxylation is 1. The zero-order valence-electron chi connectivity index (χ0n) is 10.7. The summed E-state index contributed by atoms with van der Waals surface area (Å²) in [6.45, 7) is 5.09. The molecule has 0 spiro atoms. The quantitative estimate of drug-likeness (QED) is 0.633. The number of anilines is 1. The molecule has 0 fully saturated rings. The number of halogens is 1. The summed E-state index contributed by atoms with van der Waals surface area (Å²) in [4.78, 5) is 8.91. The van der Waals surface area contributed by atoms with Crippen molar-refractivity contribution >= 4 is 28.4 Å². The van der Waals surface area contributed by atoms with Gasteiger partial charge < -0.3 is 10.5 Å². The molecule has 0 aliphatic heterocycles. The Morgan fingerprint density at radius 1 is 1.35 bits per heavy atom. The van der Waals surface area contributed by atoms with Crippen molar-refractivity contribution < 1.29 is 4.74 Å². The van der Waals surface area contributed by atoms with Gasteiger partial charge in [-0.15, -0.1) is 0 Å². The molecule has 17 heavy (non-hydrogen) atoms. The molecule has 0 saturated heterocycles. The van der Waals surface area contributed by atoms with Crippen molar-refractivity contribution in [1.82, 2.24) is 9.97 Å². The minimum absolute atomic E-state index is 0.574. The molecular weight excluding hydrogens is 329 g/mol. The molecule has 4 nitrogen and oxygen atoms in total. The van der Waals surface area contributed by atoms with E-state index < -0.39 is 0 Å². The molecule has 0 amide bonds. The van der Waals surface area contributed by atoms with Gasteiger partial charge in [-0.1, -0.05) is 13.8 Å². The lowest BCUT2D eigenvalue weighted by molar-refractivity contribution is 0.194. The molecule has 0 radical (unpaired) electrons. The second-order valence-electron chi connectivity index (χ2n) is 4.48. The number of hydrogen-bond acceptors (Lipinski definition) is 4. The highest BCUT2D eigenvalue weighted by Crippen LogP contribution is 2.19. The van der Waals surface area contributed by atoms with E-state index >= 15 is 0 Å². The number of nitrogens with two attached hydrogens (primary N) is 1. The van der Waals surface area contributed by atoms with E-state index in [-0.39, 0.29) is 0 Å². The number of aromatic nitrogens is 2. The maximum atomic E-state index is 5.91. The fourth-order valence-corrected chi connectivity index (χ4v) is 2.04. The van der Waals surface area contributed by atoms with Crippen molar-refractivity contribution in [3.05, 3.63) is 15.1 Å². The van der Waals surface area contributed by atoms with Crippen LogP contribution < -0.4 is 5.73 Å². The fraction of sp³-hybridized carbons (Fsp3) is 0.667. The molecule has 0 atom stereocenters. The molecule has 96 valence electrons. The third kappa shape index (κ3) is 4.75. The topological polar surface area (TPSA) is 61.0 Å². The average molecular weight is 349 g/mol. The maximum Gasteiger partial charge on any atom is 0.140 e. The van der Waals surface area contributed by atoms with E-state index in [0.717, 1.165) is 41.0 Å². The minimum atomic E-state index is 0.574. The second kappa shape index (κ2) is 7.10. The second-order valence-corrected chi connectivity index (χ2v) is 5.56. The van der Waals surface area contributed by atoms with E-state index in [9.17, 15) is 0 Å². The molecule has 2 N–H and O–H groups in total. The molecule has 5 heteroatoms. The van der Waals surface area contributed by atoms with Gasteiger partial charge in [0.25, 0.3) is 0 Å². The molecule has 1 aromatic rings. The number of methoxy groups -OCH3 is 1. The molecule has 1 heterocycles. The Morgan fingerprint density at radius 3 is 2.65 bits per heavy atom. The zero-order chi connectivity index (χ0) is 12.8. The average Bonchev–Trinajstić information content (AvgIpc) is 2.25. The summed E-state index contributed by atoms with van der Waals surface area (Å²) in [6.07, 6.45) is 2.69. The normalized spacial score (nSPS) is 11.1. The van der Waals surface area contributed by atoms with Gasteiger partial charge in [-0.05, 0) is 41.4 Å². The Morgan fingerprint density at radius 2 is 2.06 bits per heavy atom. The number of hydrogen-bond donors (Lipinski definition) is 1. The summed E-state index contributed by atoms with van der Waals surface area (Å²) in [7, 11) is 1.70. The highest BCUT2D eigenvalue weighted by Gasteiger charge is 2.11. The van der Waals surface area contributed by atoms with Crippen LogP contribution in [0.5, 0.6) is 0 Å². The number of rotatable bonds is 6. The Hall–Kier alpha value is -0.430. The highest BCUT2D eigenvalue weighted by atomic mass is 127. The van der Waals surface area contributed by atoms with Gasteiger partial charge in [0.2, 0.25) is 0 Å². The SMILES string of the molecule is COCCCc1nc(N)c(I)c(CC(C)C)n1. The van der Waals surface area contributed by atoms with Gasteiger partial charge in [-0.25, -0.2) is 9.97 Å². The van der Waals surface area contributed by atoms with Crippen LogP contribution in [0.3, 0.4) is 0 Å². The van der Waals surface area contributed by atoms with Crippen molar-refractivity contribution in [2.45, 2.75) is 33.1 Å². The Labute approximate surface area is 117 Å². The van der Waals surface area contributed by atoms with Crippen LogP contribution in [0.2, 0.25) is 0 Å². The lowest BCUT2D eigenvalue weighted by Crippen LogP contribution is -2.10. The van der Waals surface area contributed by atoms with Crippen molar-refractivity contribution in [2.24, 2.45) is 5.92 Å². The van der Waals surface area contributed by atoms with Crippen LogP contribution in [-0.4, -0.2) is 23.7 Å². The van der Waals surface area contributed by atoms with E-state index in [2.05, 4.69) is 46.4 Å². The van der Waals surface area contributed by atoms with Crippen molar-refractivity contribution in [1.29, 1.82) is 0 Å². The number of nitrogens with zero attached hydrogens (tertiary/aromatic N) is 2. The van der Waals surface area contributed by atoms with Gasteiger partial charge >= 0.3 is 0 Å². The summed E-state index contributed by atoms with van der Waals surface area (Å²) in [5.41, 5.74) is 6.98. The predicted molar refractivity (Wildman–Crippen MR) is 77.9 cm³/mol. The lowest BCUT2D eigenvalue weighted by Gasteiger charge is -2.10. The summed E-state index contributed by atoms with van der Waals surface area (Å²) in [5, 5.41) is 0. The first-order valence-corrected chi connectivity index (χ1v) is 6.92. The molecule has 1 rings (SSSR count). The van der Waals surface area contributed by atoms with Gasteiger partial charge in [-0.3, -0.25) is 0 Å². The van der Waals surface area contributed by atoms with Crippen LogP contribution >= 0.6 is 22.6 Å². The third-order valence-electron chi connectivity index (χ3n) is 2.34. The summed E-state index contributed by atoms with van der Waals surface area (Å²) >= 11 is 2.23. The first kappa shape index (κ1) is 14.6. The highest BCUT2D eigenvalue weighted by molar-refractivity contribution is 14.1. The predicted octanol–water partition coefficient (Wildman–Crippen LogP) is 2.44. The molecule has 0 unspecified atom stereocenters. The Bertz CT molecular complexity index is 369. The van der Waals surface area contributed by atoms with Gasteiger partial charge in [0.05, 0.1) is 9.26 Å². The van der Waals surface area contributed by atoms with Crippen molar-refractivity contribution in [3.63, 3.8) is 0 Å². The summed E-state index contributed by atoms with van der Waals surface area (Å²) < 4.78 is 6.02. The summed E-state index contributed by atoms with van der Waals surface area (Å²) in [5.74, 6) is 2.00. The van der Waals surface area contributed by atoms with Gasteiger partial charge in [0.1, 0.15) is 11.6 Å². The van der Waals surface area contributed by atoms with E-state index in [4.69, 9.17) is 10.5 Å². The Balaban J connectivity index is 2.82. The molecule has 0 aliphatic carbocycles. The van der Waals surface area contributed by atoms with Crippen LogP contribution in [0, 0.1) is 9.49 Å². The summed E-state index contributed by atoms with van der Waals surface area (Å²) in [6, 6.07) is 0. The molecule has 0 bridgehead atoms. The molecular formula is C12H20IN3O. The molecule has 0 aromatic carbocycles. The van der Waals surface area contributed by atoms with Crippen LogP contribution in [0.15, 0.2) is 0 Å². The zero-order valence-corrected chi connectivity index (χ0v) is 12.8. The lowest BCUT2D eigenvalue weighted by atomic mass is 10.1. The smallest absolute Gasteiger partial charge is 0.140 e. The maximum absolute atomic E-state index is 5.91. The first-order chi connectivity index (χ1) is 8.04. The van der Waals surface area contributed by atoms with Crippen LogP contribution in [0.4, 0.5) is 5.82 Å². The minimum Gasteiger partial charge on any atom is -0.385 e. The molecule has 1 aromatic heterocycles. The van der Waals surface area contributed by atoms with Crippen molar-refractivity contribution in [2.75, 3.05) is 19.5 Å².